The smallest absolute Gasteiger partial charge is 0.240 e. The Kier molecular flexibility index (Phi) is 4.58. The first kappa shape index (κ1) is 14.3. The normalized spacial score (nSPS) is 17.2. The third-order valence-corrected chi connectivity index (χ3v) is 2.88. The number of nitrogens with zero attached hydrogens (tertiary/aromatic N) is 1. The van der Waals surface area contributed by atoms with E-state index in [1.165, 1.54) is 6.92 Å². The van der Waals surface area contributed by atoms with Crippen molar-refractivity contribution < 1.29 is 19.2 Å². The summed E-state index contributed by atoms with van der Waals surface area (Å²) in [6.07, 6.45) is 0.318. The summed E-state index contributed by atoms with van der Waals surface area (Å²) in [5.41, 5.74) is 0. The fraction of sp³-hybridized carbons (Fsp3) is 0.667. The molecule has 6 heteroatoms. The monoisotopic (exact) mass is 254 g/mol. The summed E-state index contributed by atoms with van der Waals surface area (Å²) in [6, 6.07) is -0.578. The fourth-order valence-corrected chi connectivity index (χ4v) is 1.90. The second-order valence-corrected chi connectivity index (χ2v) is 4.77. The van der Waals surface area contributed by atoms with Gasteiger partial charge in [-0.15, -0.1) is 0 Å². The lowest BCUT2D eigenvalue weighted by Crippen LogP contribution is -2.48. The molecule has 1 aliphatic rings. The molecule has 0 saturated carbocycles. The number of ketones is 1. The average Bonchev–Trinajstić information content (AvgIpc) is 2.56. The van der Waals surface area contributed by atoms with Crippen molar-refractivity contribution in [3.63, 3.8) is 0 Å². The van der Waals surface area contributed by atoms with Gasteiger partial charge in [0.15, 0.2) is 5.78 Å². The molecule has 1 fully saturated rings. The minimum Gasteiger partial charge on any atom is -0.344 e. The van der Waals surface area contributed by atoms with Gasteiger partial charge in [-0.1, -0.05) is 13.8 Å². The first-order valence-electron chi connectivity index (χ1n) is 5.96. The molecular formula is C12H18N2O4. The van der Waals surface area contributed by atoms with E-state index in [0.29, 0.717) is 0 Å². The quantitative estimate of drug-likeness (QED) is 0.692. The third-order valence-electron chi connectivity index (χ3n) is 2.88. The summed E-state index contributed by atoms with van der Waals surface area (Å²) in [4.78, 5) is 46.6. The maximum Gasteiger partial charge on any atom is 0.240 e. The molecule has 1 rings (SSSR count). The molecule has 0 aromatic carbocycles. The number of likely N-dealkylation sites (tertiary alicyclic amines) is 1. The first-order chi connectivity index (χ1) is 8.32. The van der Waals surface area contributed by atoms with E-state index in [2.05, 4.69) is 5.32 Å². The van der Waals surface area contributed by atoms with E-state index in [9.17, 15) is 19.2 Å². The molecular weight excluding hydrogens is 236 g/mol. The van der Waals surface area contributed by atoms with E-state index >= 15 is 0 Å². The van der Waals surface area contributed by atoms with Gasteiger partial charge in [-0.3, -0.25) is 24.1 Å². The maximum absolute atomic E-state index is 11.7. The molecule has 0 aromatic heterocycles. The Morgan fingerprint density at radius 2 is 1.72 bits per heavy atom. The summed E-state index contributed by atoms with van der Waals surface area (Å²) in [6.45, 7) is 4.74. The van der Waals surface area contributed by atoms with Gasteiger partial charge in [0.1, 0.15) is 6.54 Å². The van der Waals surface area contributed by atoms with Gasteiger partial charge >= 0.3 is 0 Å². The van der Waals surface area contributed by atoms with E-state index in [1.807, 2.05) is 13.8 Å². The van der Waals surface area contributed by atoms with Gasteiger partial charge in [-0.25, -0.2) is 0 Å². The number of rotatable bonds is 5. The summed E-state index contributed by atoms with van der Waals surface area (Å²) >= 11 is 0. The highest BCUT2D eigenvalue weighted by molar-refractivity contribution is 6.04. The van der Waals surface area contributed by atoms with Crippen LogP contribution in [0.5, 0.6) is 0 Å². The fourth-order valence-electron chi connectivity index (χ4n) is 1.90. The predicted octanol–water partition coefficient (Wildman–Crippen LogP) is -0.135. The van der Waals surface area contributed by atoms with Crippen molar-refractivity contribution in [2.75, 3.05) is 6.54 Å². The van der Waals surface area contributed by atoms with Crippen molar-refractivity contribution in [3.05, 3.63) is 0 Å². The van der Waals surface area contributed by atoms with Crippen LogP contribution in [0.15, 0.2) is 0 Å². The minimum atomic E-state index is -0.578. The van der Waals surface area contributed by atoms with E-state index < -0.39 is 11.9 Å². The highest BCUT2D eigenvalue weighted by atomic mass is 16.2. The predicted molar refractivity (Wildman–Crippen MR) is 63.4 cm³/mol. The molecule has 0 aliphatic carbocycles. The molecule has 100 valence electrons. The van der Waals surface area contributed by atoms with Crippen LogP contribution in [0.25, 0.3) is 0 Å². The molecule has 0 bridgehead atoms. The zero-order valence-corrected chi connectivity index (χ0v) is 10.9. The van der Waals surface area contributed by atoms with E-state index in [-0.39, 0.29) is 42.9 Å². The number of carbonyl (C=O) groups is 4. The average molecular weight is 254 g/mol. The number of imide groups is 1. The van der Waals surface area contributed by atoms with Crippen LogP contribution in [0.4, 0.5) is 0 Å². The molecule has 0 spiro atoms. The molecule has 0 radical (unpaired) electrons. The second kappa shape index (κ2) is 5.75. The van der Waals surface area contributed by atoms with Crippen molar-refractivity contribution in [3.8, 4) is 0 Å². The van der Waals surface area contributed by atoms with Crippen molar-refractivity contribution >= 4 is 23.5 Å². The Morgan fingerprint density at radius 1 is 1.22 bits per heavy atom. The van der Waals surface area contributed by atoms with E-state index in [4.69, 9.17) is 0 Å². The molecule has 0 aromatic rings. The Hall–Kier alpha value is -1.72. The zero-order chi connectivity index (χ0) is 13.9. The van der Waals surface area contributed by atoms with Crippen molar-refractivity contribution in [1.29, 1.82) is 0 Å². The minimum absolute atomic E-state index is 0.0311. The van der Waals surface area contributed by atoms with Crippen LogP contribution in [-0.2, 0) is 19.2 Å². The number of amides is 3. The Bertz CT molecular complexity index is 374. The summed E-state index contributed by atoms with van der Waals surface area (Å²) in [5, 5.41) is 2.55. The van der Waals surface area contributed by atoms with Crippen molar-refractivity contribution in [2.24, 2.45) is 5.92 Å². The molecule has 18 heavy (non-hydrogen) atoms. The number of Topliss-reactive ketones (excluding diaryl/α,β-unsaturated/α-hetero) is 1. The number of hydrogen-bond donors (Lipinski definition) is 1. The van der Waals surface area contributed by atoms with Crippen LogP contribution in [0.2, 0.25) is 0 Å². The first-order valence-corrected chi connectivity index (χ1v) is 5.96. The van der Waals surface area contributed by atoms with Gasteiger partial charge in [0.05, 0.1) is 6.04 Å². The van der Waals surface area contributed by atoms with Crippen LogP contribution in [0.3, 0.4) is 0 Å². The third kappa shape index (κ3) is 3.38. The van der Waals surface area contributed by atoms with Crippen LogP contribution in [0.1, 0.15) is 33.6 Å². The number of hydrogen-bond acceptors (Lipinski definition) is 4. The van der Waals surface area contributed by atoms with Crippen LogP contribution < -0.4 is 5.32 Å². The number of nitrogens with one attached hydrogen (secondary N) is 1. The van der Waals surface area contributed by atoms with E-state index in [1.54, 1.807) is 0 Å². The lowest BCUT2D eigenvalue weighted by molar-refractivity contribution is -0.142. The number of carbonyl (C=O) groups excluding carboxylic acids is 4. The summed E-state index contributed by atoms with van der Waals surface area (Å²) < 4.78 is 0. The van der Waals surface area contributed by atoms with Gasteiger partial charge in [-0.05, 0) is 12.8 Å². The second-order valence-electron chi connectivity index (χ2n) is 4.77. The molecule has 1 saturated heterocycles. The molecule has 1 atom stereocenters. The largest absolute Gasteiger partial charge is 0.344 e. The van der Waals surface area contributed by atoms with E-state index in [0.717, 1.165) is 4.90 Å². The van der Waals surface area contributed by atoms with Crippen LogP contribution in [-0.4, -0.2) is 41.0 Å². The summed E-state index contributed by atoms with van der Waals surface area (Å²) in [5.74, 6) is -1.32. The molecule has 3 amide bonds. The summed E-state index contributed by atoms with van der Waals surface area (Å²) in [7, 11) is 0. The highest BCUT2D eigenvalue weighted by Gasteiger charge is 2.31. The molecule has 6 nitrogen and oxygen atoms in total. The van der Waals surface area contributed by atoms with Gasteiger partial charge in [0.2, 0.25) is 17.7 Å². The Morgan fingerprint density at radius 3 is 2.11 bits per heavy atom. The highest BCUT2D eigenvalue weighted by Crippen LogP contribution is 2.11. The van der Waals surface area contributed by atoms with Gasteiger partial charge in [-0.2, -0.15) is 0 Å². The van der Waals surface area contributed by atoms with Gasteiger partial charge in [0, 0.05) is 12.8 Å². The van der Waals surface area contributed by atoms with Crippen LogP contribution in [0, 0.1) is 5.92 Å². The molecule has 1 aliphatic heterocycles. The van der Waals surface area contributed by atoms with Gasteiger partial charge in [0.25, 0.3) is 0 Å². The van der Waals surface area contributed by atoms with Gasteiger partial charge < -0.3 is 5.32 Å². The topological polar surface area (TPSA) is 83.6 Å². The lowest BCUT2D eigenvalue weighted by Gasteiger charge is -2.21. The Balaban J connectivity index is 2.58. The maximum atomic E-state index is 11.7. The molecule has 1 N–H and O–H groups in total. The zero-order valence-electron chi connectivity index (χ0n) is 10.9. The van der Waals surface area contributed by atoms with Crippen molar-refractivity contribution in [1.82, 2.24) is 10.2 Å². The SMILES string of the molecule is CC(=O)C(NC(=O)CN1C(=O)CCC1=O)C(C)C. The van der Waals surface area contributed by atoms with Crippen molar-refractivity contribution in [2.45, 2.75) is 39.7 Å². The standard InChI is InChI=1S/C12H18N2O4/c1-7(2)12(8(3)15)13-9(16)6-14-10(17)4-5-11(14)18/h7,12H,4-6H2,1-3H3,(H,13,16). The Labute approximate surface area is 106 Å². The van der Waals surface area contributed by atoms with Crippen LogP contribution >= 0.6 is 0 Å². The molecule has 1 heterocycles. The lowest BCUT2D eigenvalue weighted by atomic mass is 10.0. The molecule has 1 unspecified atom stereocenters.